The quantitative estimate of drug-likeness (QED) is 0.267. The monoisotopic (exact) mass is 583 g/mol. The molecule has 5 rings (SSSR count). The van der Waals surface area contributed by atoms with Crippen LogP contribution in [0.1, 0.15) is 28.8 Å². The number of pyridine rings is 2. The molecule has 4 aromatic rings. The lowest BCUT2D eigenvalue weighted by molar-refractivity contribution is -0.137. The van der Waals surface area contributed by atoms with Crippen LogP contribution in [0.5, 0.6) is 0 Å². The second-order valence-electron chi connectivity index (χ2n) is 8.45. The molecule has 0 unspecified atom stereocenters. The number of nitrogens with one attached hydrogen (secondary N) is 2. The number of nitrogens with zero attached hydrogens (tertiary/aromatic N) is 5. The zero-order valence-corrected chi connectivity index (χ0v) is 21.6. The summed E-state index contributed by atoms with van der Waals surface area (Å²) in [4.78, 5) is 20.8. The second kappa shape index (κ2) is 12.5. The van der Waals surface area contributed by atoms with Crippen molar-refractivity contribution in [2.75, 3.05) is 25.1 Å². The summed E-state index contributed by atoms with van der Waals surface area (Å²) in [6, 6.07) is 8.76. The lowest BCUT2D eigenvalue weighted by atomic mass is 10.00. The fourth-order valence-electron chi connectivity index (χ4n) is 3.70. The Labute approximate surface area is 230 Å². The van der Waals surface area contributed by atoms with Crippen LogP contribution in [0.3, 0.4) is 0 Å². The third-order valence-electron chi connectivity index (χ3n) is 5.73. The van der Waals surface area contributed by atoms with Gasteiger partial charge >= 0.3 is 6.18 Å². The van der Waals surface area contributed by atoms with Crippen LogP contribution in [0, 0.1) is 5.92 Å². The van der Waals surface area contributed by atoms with E-state index < -0.39 is 23.2 Å². The van der Waals surface area contributed by atoms with E-state index in [9.17, 15) is 18.0 Å². The van der Waals surface area contributed by atoms with Gasteiger partial charge in [-0.25, -0.2) is 9.97 Å². The minimum atomic E-state index is -4.73. The predicted molar refractivity (Wildman–Crippen MR) is 137 cm³/mol. The number of aromatic nitrogens is 5. The smallest absolute Gasteiger partial charge is 0.409 e. The van der Waals surface area contributed by atoms with Gasteiger partial charge in [-0.05, 0) is 60.4 Å². The molecule has 0 bridgehead atoms. The summed E-state index contributed by atoms with van der Waals surface area (Å²) in [6.45, 7) is 1.47. The first-order valence-corrected chi connectivity index (χ1v) is 12.4. The van der Waals surface area contributed by atoms with Crippen LogP contribution < -0.4 is 10.6 Å². The Morgan fingerprint density at radius 2 is 1.92 bits per heavy atom. The van der Waals surface area contributed by atoms with E-state index in [4.69, 9.17) is 33.1 Å². The van der Waals surface area contributed by atoms with E-state index in [1.807, 2.05) is 0 Å². The molecule has 10 nitrogen and oxygen atoms in total. The van der Waals surface area contributed by atoms with Crippen LogP contribution in [-0.4, -0.2) is 56.0 Å². The Hall–Kier alpha value is -3.68. The molecule has 0 aliphatic carbocycles. The molecule has 0 radical (unpaired) electrons. The number of carbonyl (C=O) groups is 1. The molecular weight excluding hydrogens is 562 g/mol. The molecule has 15 heteroatoms. The maximum Gasteiger partial charge on any atom is 0.417 e. The molecule has 1 fully saturated rings. The molecule has 0 spiro atoms. The van der Waals surface area contributed by atoms with Crippen LogP contribution >= 0.6 is 23.2 Å². The van der Waals surface area contributed by atoms with Crippen molar-refractivity contribution < 1.29 is 27.9 Å². The average Bonchev–Trinajstić information content (AvgIpc) is 3.30. The summed E-state index contributed by atoms with van der Waals surface area (Å²) >= 11 is 11.9. The van der Waals surface area contributed by atoms with Crippen LogP contribution in [0.25, 0.3) is 11.2 Å². The molecule has 4 heterocycles. The highest BCUT2D eigenvalue weighted by molar-refractivity contribution is 6.36. The van der Waals surface area contributed by atoms with Crippen LogP contribution in [-0.2, 0) is 10.9 Å². The fourth-order valence-corrected chi connectivity index (χ4v) is 4.16. The number of hydrogen-bond acceptors (Lipinski definition) is 8. The Bertz CT molecular complexity index is 1450. The first-order chi connectivity index (χ1) is 18.6. The summed E-state index contributed by atoms with van der Waals surface area (Å²) in [5.41, 5.74) is -0.303. The van der Waals surface area contributed by atoms with Gasteiger partial charge in [0.15, 0.2) is 0 Å². The van der Waals surface area contributed by atoms with Gasteiger partial charge in [0.25, 0.3) is 5.91 Å². The largest absolute Gasteiger partial charge is 0.417 e. The van der Waals surface area contributed by atoms with Crippen molar-refractivity contribution in [2.45, 2.75) is 19.0 Å². The Balaban J connectivity index is 0.000000292. The van der Waals surface area contributed by atoms with Crippen molar-refractivity contribution >= 4 is 51.8 Å². The lowest BCUT2D eigenvalue weighted by Crippen LogP contribution is -2.33. The van der Waals surface area contributed by atoms with E-state index in [0.29, 0.717) is 46.5 Å². The average molecular weight is 584 g/mol. The van der Waals surface area contributed by atoms with E-state index in [2.05, 4.69) is 30.9 Å². The van der Waals surface area contributed by atoms with Crippen LogP contribution in [0.4, 0.5) is 24.7 Å². The van der Waals surface area contributed by atoms with Crippen molar-refractivity contribution in [1.82, 2.24) is 30.4 Å². The molecule has 206 valence electrons. The van der Waals surface area contributed by atoms with E-state index >= 15 is 0 Å². The highest BCUT2D eigenvalue weighted by Gasteiger charge is 2.36. The van der Waals surface area contributed by atoms with Crippen molar-refractivity contribution in [1.29, 1.82) is 0 Å². The first kappa shape index (κ1) is 28.3. The van der Waals surface area contributed by atoms with E-state index in [-0.39, 0.29) is 16.8 Å². The number of ether oxygens (including phenoxy) is 1. The van der Waals surface area contributed by atoms with Crippen molar-refractivity contribution in [2.24, 2.45) is 5.92 Å². The maximum atomic E-state index is 13.6. The van der Waals surface area contributed by atoms with E-state index in [0.717, 1.165) is 25.1 Å². The number of rotatable bonds is 5. The third kappa shape index (κ3) is 7.46. The van der Waals surface area contributed by atoms with Crippen molar-refractivity contribution in [3.05, 3.63) is 70.0 Å². The van der Waals surface area contributed by atoms with Gasteiger partial charge in [-0.3, -0.25) is 4.79 Å². The van der Waals surface area contributed by atoms with Crippen molar-refractivity contribution in [3.8, 4) is 0 Å². The molecule has 3 aromatic heterocycles. The van der Waals surface area contributed by atoms with Crippen molar-refractivity contribution in [3.63, 3.8) is 0 Å². The summed E-state index contributed by atoms with van der Waals surface area (Å²) < 4.78 is 45.9. The van der Waals surface area contributed by atoms with Gasteiger partial charge in [-0.15, -0.1) is 5.10 Å². The third-order valence-corrected chi connectivity index (χ3v) is 6.28. The Kier molecular flexibility index (Phi) is 9.04. The number of alkyl halides is 3. The minimum Gasteiger partial charge on any atom is -0.409 e. The molecule has 1 saturated heterocycles. The molecule has 1 aromatic carbocycles. The lowest BCUT2D eigenvalue weighted by Gasteiger charge is -2.22. The van der Waals surface area contributed by atoms with E-state index in [1.54, 1.807) is 24.4 Å². The highest BCUT2D eigenvalue weighted by Crippen LogP contribution is 2.35. The summed E-state index contributed by atoms with van der Waals surface area (Å²) in [7, 11) is 0. The van der Waals surface area contributed by atoms with Crippen LogP contribution in [0.15, 0.2) is 48.8 Å². The topological polar surface area (TPSA) is 127 Å². The number of benzene rings is 1. The second-order valence-corrected chi connectivity index (χ2v) is 9.30. The maximum absolute atomic E-state index is 13.6. The minimum absolute atomic E-state index is 0.0949. The van der Waals surface area contributed by atoms with Gasteiger partial charge in [-0.1, -0.05) is 28.0 Å². The van der Waals surface area contributed by atoms with Gasteiger partial charge in [0.2, 0.25) is 5.65 Å². The molecule has 39 heavy (non-hydrogen) atoms. The normalized spacial score (nSPS) is 14.0. The molecule has 1 amide bonds. The molecular formula is C24H22Cl2F3N7O3. The Morgan fingerprint density at radius 1 is 1.15 bits per heavy atom. The molecule has 0 saturated carbocycles. The SMILES string of the molecule is O=C(NCC1CCOCC1)c1cnc(Nc2ccc(Cl)cc2Cl)cc1C(F)(F)F.On1nnc2cccnc21. The van der Waals surface area contributed by atoms with Crippen LogP contribution in [0.2, 0.25) is 10.0 Å². The predicted octanol–water partition coefficient (Wildman–Crippen LogP) is 5.37. The fraction of sp³-hybridized carbons (Fsp3) is 0.292. The number of fused-ring (bicyclic) bond motifs is 1. The molecule has 1 aliphatic rings. The zero-order chi connectivity index (χ0) is 28.0. The number of carbonyl (C=O) groups excluding carboxylic acids is 1. The van der Waals surface area contributed by atoms with E-state index in [1.165, 1.54) is 12.1 Å². The van der Waals surface area contributed by atoms with Gasteiger partial charge in [0.05, 0.1) is 21.8 Å². The standard InChI is InChI=1S/C19H18Cl2F3N3O2.C5H4N4O/c20-12-1-2-16(15(21)7-12)27-17-8-14(19(22,23)24)13(10-25-17)18(28)26-9-11-3-5-29-6-4-11;10-9-5-4(7-8-9)2-1-3-6-5/h1-2,7-8,10-11H,3-6,9H2,(H,25,27)(H,26,28);1-3,10H. The first-order valence-electron chi connectivity index (χ1n) is 11.6. The molecule has 0 atom stereocenters. The van der Waals surface area contributed by atoms with Gasteiger partial charge < -0.3 is 20.6 Å². The number of hydrogen-bond donors (Lipinski definition) is 3. The van der Waals surface area contributed by atoms with Gasteiger partial charge in [0.1, 0.15) is 11.3 Å². The zero-order valence-electron chi connectivity index (χ0n) is 20.1. The molecule has 1 aliphatic heterocycles. The van der Waals surface area contributed by atoms with Gasteiger partial charge in [-0.2, -0.15) is 13.2 Å². The summed E-state index contributed by atoms with van der Waals surface area (Å²) in [6.07, 6.45) is -0.730. The Morgan fingerprint density at radius 3 is 2.62 bits per heavy atom. The molecule has 3 N–H and O–H groups in total. The summed E-state index contributed by atoms with van der Waals surface area (Å²) in [5.74, 6) is -0.724. The number of amides is 1. The highest BCUT2D eigenvalue weighted by atomic mass is 35.5. The van der Waals surface area contributed by atoms with Gasteiger partial charge in [0, 0.05) is 37.2 Å². The number of anilines is 2. The summed E-state index contributed by atoms with van der Waals surface area (Å²) in [5, 5.41) is 21.8. The number of halogens is 5.